The summed E-state index contributed by atoms with van der Waals surface area (Å²) in [6.45, 7) is -0.416. The highest BCUT2D eigenvalue weighted by atomic mass is 16.4. The molecule has 0 rings (SSSR count). The van der Waals surface area contributed by atoms with Gasteiger partial charge in [0.2, 0.25) is 5.91 Å². The fourth-order valence-corrected chi connectivity index (χ4v) is 0.507. The zero-order valence-electron chi connectivity index (χ0n) is 6.49. The topological polar surface area (TPSA) is 113 Å². The number of rotatable bonds is 5. The van der Waals surface area contributed by atoms with Gasteiger partial charge in [0, 0.05) is 6.54 Å². The van der Waals surface area contributed by atoms with Crippen LogP contribution in [0.4, 0.5) is 0 Å². The molecule has 12 heavy (non-hydrogen) atoms. The monoisotopic (exact) mass is 176 g/mol. The van der Waals surface area contributed by atoms with E-state index in [1.165, 1.54) is 0 Å². The molecule has 0 aromatic rings. The van der Waals surface area contributed by atoms with Gasteiger partial charge in [-0.25, -0.2) is 0 Å². The molecule has 6 heteroatoms. The molecule has 0 heterocycles. The van der Waals surface area contributed by atoms with Crippen LogP contribution in [0, 0.1) is 0 Å². The van der Waals surface area contributed by atoms with Crippen molar-refractivity contribution in [3.63, 3.8) is 0 Å². The van der Waals surface area contributed by atoms with E-state index in [1.807, 2.05) is 0 Å². The smallest absolute Gasteiger partial charge is 0.305 e. The predicted molar refractivity (Wildman–Crippen MR) is 40.3 cm³/mol. The summed E-state index contributed by atoms with van der Waals surface area (Å²) < 4.78 is 0. The molecule has 0 aromatic carbocycles. The summed E-state index contributed by atoms with van der Waals surface area (Å²) in [5, 5.41) is 18.9. The quantitative estimate of drug-likeness (QED) is 0.383. The normalized spacial score (nSPS) is 12.2. The molecule has 0 bridgehead atoms. The molecule has 70 valence electrons. The van der Waals surface area contributed by atoms with Crippen molar-refractivity contribution in [1.29, 1.82) is 0 Å². The van der Waals surface area contributed by atoms with Gasteiger partial charge in [-0.05, 0) is 0 Å². The van der Waals surface area contributed by atoms with Gasteiger partial charge >= 0.3 is 5.97 Å². The van der Waals surface area contributed by atoms with E-state index in [0.29, 0.717) is 0 Å². The standard InChI is InChI=1S/C6H12N2O4/c7-4(3-9)6(12)8-2-1-5(10)11/h4,9H,1-3,7H2,(H,8,12)(H,10,11). The zero-order chi connectivity index (χ0) is 9.56. The van der Waals surface area contributed by atoms with Crippen LogP contribution < -0.4 is 11.1 Å². The van der Waals surface area contributed by atoms with Crippen LogP contribution in [0.2, 0.25) is 0 Å². The maximum absolute atomic E-state index is 10.8. The summed E-state index contributed by atoms with van der Waals surface area (Å²) in [4.78, 5) is 20.8. The molecule has 0 saturated heterocycles. The van der Waals surface area contributed by atoms with E-state index in [4.69, 9.17) is 15.9 Å². The van der Waals surface area contributed by atoms with Gasteiger partial charge in [-0.3, -0.25) is 9.59 Å². The Hall–Kier alpha value is -1.14. The third kappa shape index (κ3) is 4.64. The second kappa shape index (κ2) is 5.50. The van der Waals surface area contributed by atoms with Crippen LogP contribution in [-0.2, 0) is 9.59 Å². The third-order valence-electron chi connectivity index (χ3n) is 1.17. The van der Waals surface area contributed by atoms with E-state index >= 15 is 0 Å². The Morgan fingerprint density at radius 2 is 2.08 bits per heavy atom. The second-order valence-corrected chi connectivity index (χ2v) is 2.22. The first-order valence-electron chi connectivity index (χ1n) is 3.44. The van der Waals surface area contributed by atoms with Gasteiger partial charge in [-0.1, -0.05) is 0 Å². The average molecular weight is 176 g/mol. The molecular formula is C6H12N2O4. The van der Waals surface area contributed by atoms with E-state index < -0.39 is 24.5 Å². The summed E-state index contributed by atoms with van der Waals surface area (Å²) in [5.41, 5.74) is 5.12. The number of carbonyl (C=O) groups is 2. The van der Waals surface area contributed by atoms with Crippen LogP contribution in [0.1, 0.15) is 6.42 Å². The lowest BCUT2D eigenvalue weighted by Crippen LogP contribution is -2.43. The molecule has 6 nitrogen and oxygen atoms in total. The van der Waals surface area contributed by atoms with E-state index in [1.54, 1.807) is 0 Å². The number of aliphatic hydroxyl groups is 1. The highest BCUT2D eigenvalue weighted by molar-refractivity contribution is 5.82. The van der Waals surface area contributed by atoms with E-state index in [2.05, 4.69) is 5.32 Å². The first-order chi connectivity index (χ1) is 5.57. The Kier molecular flexibility index (Phi) is 4.98. The Labute approximate surface area is 69.4 Å². The number of hydrogen-bond donors (Lipinski definition) is 4. The van der Waals surface area contributed by atoms with Crippen molar-refractivity contribution in [2.45, 2.75) is 12.5 Å². The molecule has 0 spiro atoms. The largest absolute Gasteiger partial charge is 0.481 e. The zero-order valence-corrected chi connectivity index (χ0v) is 6.49. The van der Waals surface area contributed by atoms with E-state index in [0.717, 1.165) is 0 Å². The van der Waals surface area contributed by atoms with Crippen LogP contribution >= 0.6 is 0 Å². The molecule has 0 aromatic heterocycles. The number of hydrogen-bond acceptors (Lipinski definition) is 4. The van der Waals surface area contributed by atoms with Crippen LogP contribution in [-0.4, -0.2) is 41.3 Å². The van der Waals surface area contributed by atoms with Gasteiger partial charge in [0.25, 0.3) is 0 Å². The van der Waals surface area contributed by atoms with E-state index in [-0.39, 0.29) is 13.0 Å². The lowest BCUT2D eigenvalue weighted by atomic mass is 10.3. The SMILES string of the molecule is NC(CO)C(=O)NCCC(=O)O. The van der Waals surface area contributed by atoms with Crippen molar-refractivity contribution in [3.8, 4) is 0 Å². The first-order valence-corrected chi connectivity index (χ1v) is 3.44. The summed E-state index contributed by atoms with van der Waals surface area (Å²) in [7, 11) is 0. The van der Waals surface area contributed by atoms with Crippen molar-refractivity contribution in [2.75, 3.05) is 13.2 Å². The molecule has 5 N–H and O–H groups in total. The fraction of sp³-hybridized carbons (Fsp3) is 0.667. The Morgan fingerprint density at radius 3 is 2.50 bits per heavy atom. The maximum atomic E-state index is 10.8. The molecular weight excluding hydrogens is 164 g/mol. The second-order valence-electron chi connectivity index (χ2n) is 2.22. The summed E-state index contributed by atoms with van der Waals surface area (Å²) in [5.74, 6) is -1.54. The van der Waals surface area contributed by atoms with Crippen LogP contribution in [0.25, 0.3) is 0 Å². The van der Waals surface area contributed by atoms with Crippen molar-refractivity contribution in [2.24, 2.45) is 5.73 Å². The minimum atomic E-state index is -0.993. The average Bonchev–Trinajstić information content (AvgIpc) is 2.02. The number of aliphatic hydroxyl groups excluding tert-OH is 1. The number of carboxylic acids is 1. The molecule has 0 radical (unpaired) electrons. The predicted octanol–water partition coefficient (Wildman–Crippen LogP) is -2.10. The van der Waals surface area contributed by atoms with Crippen LogP contribution in [0.15, 0.2) is 0 Å². The lowest BCUT2D eigenvalue weighted by Gasteiger charge is -2.07. The van der Waals surface area contributed by atoms with Crippen molar-refractivity contribution >= 4 is 11.9 Å². The Morgan fingerprint density at radius 1 is 1.50 bits per heavy atom. The molecule has 1 amide bonds. The van der Waals surface area contributed by atoms with Gasteiger partial charge in [-0.2, -0.15) is 0 Å². The molecule has 0 fully saturated rings. The molecule has 0 saturated carbocycles. The number of nitrogens with one attached hydrogen (secondary N) is 1. The van der Waals surface area contributed by atoms with Crippen LogP contribution in [0.5, 0.6) is 0 Å². The maximum Gasteiger partial charge on any atom is 0.305 e. The van der Waals surface area contributed by atoms with Crippen molar-refractivity contribution in [3.05, 3.63) is 0 Å². The number of nitrogens with two attached hydrogens (primary N) is 1. The van der Waals surface area contributed by atoms with Gasteiger partial charge in [0.1, 0.15) is 6.04 Å². The van der Waals surface area contributed by atoms with Crippen molar-refractivity contribution in [1.82, 2.24) is 5.32 Å². The summed E-state index contributed by atoms with van der Waals surface area (Å²) >= 11 is 0. The van der Waals surface area contributed by atoms with Gasteiger partial charge in [-0.15, -0.1) is 0 Å². The highest BCUT2D eigenvalue weighted by Crippen LogP contribution is 1.79. The van der Waals surface area contributed by atoms with Crippen LogP contribution in [0.3, 0.4) is 0 Å². The number of carboxylic acid groups (broad SMARTS) is 1. The minimum Gasteiger partial charge on any atom is -0.481 e. The number of carbonyl (C=O) groups excluding carboxylic acids is 1. The fourth-order valence-electron chi connectivity index (χ4n) is 0.507. The molecule has 1 unspecified atom stereocenters. The van der Waals surface area contributed by atoms with Gasteiger partial charge < -0.3 is 21.3 Å². The first kappa shape index (κ1) is 10.9. The molecule has 0 aliphatic rings. The third-order valence-corrected chi connectivity index (χ3v) is 1.17. The molecule has 1 atom stereocenters. The number of aliphatic carboxylic acids is 1. The minimum absolute atomic E-state index is 0.0296. The summed E-state index contributed by atoms with van der Waals surface area (Å²) in [6, 6.07) is -0.973. The van der Waals surface area contributed by atoms with Gasteiger partial charge in [0.15, 0.2) is 0 Å². The van der Waals surface area contributed by atoms with Crippen molar-refractivity contribution < 1.29 is 19.8 Å². The highest BCUT2D eigenvalue weighted by Gasteiger charge is 2.10. The molecule has 0 aliphatic heterocycles. The Bertz CT molecular complexity index is 171. The van der Waals surface area contributed by atoms with Gasteiger partial charge in [0.05, 0.1) is 13.0 Å². The molecule has 0 aliphatic carbocycles. The number of amides is 1. The summed E-state index contributed by atoms with van der Waals surface area (Å²) in [6.07, 6.45) is -0.149. The Balaban J connectivity index is 3.50. The lowest BCUT2D eigenvalue weighted by molar-refractivity contribution is -0.136. The van der Waals surface area contributed by atoms with E-state index in [9.17, 15) is 9.59 Å².